The number of hydrogen-bond acceptors (Lipinski definition) is 14. The fourth-order valence-electron chi connectivity index (χ4n) is 6.07. The second kappa shape index (κ2) is 20.1. The van der Waals surface area contributed by atoms with Gasteiger partial charge in [0.25, 0.3) is 0 Å². The Hall–Kier alpha value is -6.68. The highest BCUT2D eigenvalue weighted by molar-refractivity contribution is 6.32. The van der Waals surface area contributed by atoms with Gasteiger partial charge in [-0.3, -0.25) is 4.79 Å². The molecule has 0 aliphatic carbocycles. The van der Waals surface area contributed by atoms with E-state index >= 15 is 0 Å². The van der Waals surface area contributed by atoms with Gasteiger partial charge in [-0.05, 0) is 84.9 Å². The van der Waals surface area contributed by atoms with Crippen LogP contribution in [0.5, 0.6) is 29.0 Å². The number of amides is 1. The lowest BCUT2D eigenvalue weighted by Crippen LogP contribution is -2.36. The van der Waals surface area contributed by atoms with Gasteiger partial charge in [-0.25, -0.2) is 9.97 Å². The molecule has 3 N–H and O–H groups in total. The van der Waals surface area contributed by atoms with Crippen molar-refractivity contribution in [2.45, 2.75) is 6.92 Å². The van der Waals surface area contributed by atoms with E-state index in [0.717, 1.165) is 64.0 Å². The minimum absolute atomic E-state index is 0.117. The lowest BCUT2D eigenvalue weighted by Gasteiger charge is -2.28. The van der Waals surface area contributed by atoms with E-state index in [1.807, 2.05) is 24.3 Å². The van der Waals surface area contributed by atoms with Gasteiger partial charge in [0.2, 0.25) is 29.6 Å². The fraction of sp³-hybridized carbons (Fsp3) is 0.233. The highest BCUT2D eigenvalue weighted by Gasteiger charge is 2.13. The molecule has 4 heterocycles. The van der Waals surface area contributed by atoms with Crippen molar-refractivity contribution in [3.63, 3.8) is 0 Å². The number of aromatic nitrogens is 4. The average molecular weight is 818 g/mol. The van der Waals surface area contributed by atoms with E-state index < -0.39 is 0 Å². The summed E-state index contributed by atoms with van der Waals surface area (Å²) < 4.78 is 27.5. The summed E-state index contributed by atoms with van der Waals surface area (Å²) in [6.45, 7) is 8.13. The lowest BCUT2D eigenvalue weighted by atomic mass is 10.2. The largest absolute Gasteiger partial charge is 0.497 e. The normalized spacial score (nSPS) is 13.7. The molecule has 8 rings (SSSR count). The average Bonchev–Trinajstić information content (AvgIpc) is 3.27. The first-order valence-corrected chi connectivity index (χ1v) is 19.4. The maximum atomic E-state index is 11.1. The summed E-state index contributed by atoms with van der Waals surface area (Å²) in [5.74, 6) is 3.34. The standard InChI is InChI=1S/C22H23N5O3.C21H21ClN4O3/c1-16(28)24-17-4-8-20(9-5-17)30-21-10-11-23-22(26-21)25-18-2-6-19(7-3-18)27-12-14-29-15-13-27;1-27-17-6-7-19(18(22)14-17)29-20-8-9-23-21(25-20)24-15-2-4-16(5-3-15)26-10-12-28-13-11-26/h2-11H,12-15H2,1H3,(H,24,28)(H,23,25,26);2-9,14H,10-13H2,1H3,(H,23,24,25). The summed E-state index contributed by atoms with van der Waals surface area (Å²) in [5, 5.41) is 9.55. The minimum Gasteiger partial charge on any atom is -0.497 e. The monoisotopic (exact) mass is 817 g/mol. The maximum Gasteiger partial charge on any atom is 0.230 e. The van der Waals surface area contributed by atoms with Gasteiger partial charge in [0, 0.05) is 92.1 Å². The molecule has 2 saturated heterocycles. The van der Waals surface area contributed by atoms with Crippen LogP contribution in [0.4, 0.5) is 40.3 Å². The maximum absolute atomic E-state index is 11.1. The molecule has 2 aromatic heterocycles. The van der Waals surface area contributed by atoms with Gasteiger partial charge in [-0.15, -0.1) is 0 Å². The molecule has 6 aromatic rings. The van der Waals surface area contributed by atoms with Crippen molar-refractivity contribution >= 4 is 57.8 Å². The number of morpholine rings is 2. The van der Waals surface area contributed by atoms with Gasteiger partial charge in [-0.2, -0.15) is 9.97 Å². The third kappa shape index (κ3) is 11.9. The predicted octanol–water partition coefficient (Wildman–Crippen LogP) is 8.32. The molecule has 0 bridgehead atoms. The van der Waals surface area contributed by atoms with E-state index in [1.54, 1.807) is 74.1 Å². The zero-order valence-electron chi connectivity index (χ0n) is 32.6. The van der Waals surface area contributed by atoms with Crippen LogP contribution >= 0.6 is 11.6 Å². The van der Waals surface area contributed by atoms with Crippen LogP contribution in [-0.2, 0) is 14.3 Å². The zero-order valence-corrected chi connectivity index (χ0v) is 33.4. The van der Waals surface area contributed by atoms with E-state index in [9.17, 15) is 4.79 Å². The van der Waals surface area contributed by atoms with Crippen LogP contribution in [-0.4, -0.2) is 85.6 Å². The first kappa shape index (κ1) is 40.5. The number of methoxy groups -OCH3 is 1. The number of nitrogens with zero attached hydrogens (tertiary/aromatic N) is 6. The summed E-state index contributed by atoms with van der Waals surface area (Å²) in [6, 6.07) is 31.9. The predicted molar refractivity (Wildman–Crippen MR) is 228 cm³/mol. The third-order valence-corrected chi connectivity index (χ3v) is 9.31. The molecule has 0 spiro atoms. The van der Waals surface area contributed by atoms with Crippen LogP contribution in [0.1, 0.15) is 6.92 Å². The molecule has 59 heavy (non-hydrogen) atoms. The number of nitrogens with one attached hydrogen (secondary N) is 3. The Balaban J connectivity index is 0.000000179. The Morgan fingerprint density at radius 1 is 0.627 bits per heavy atom. The summed E-state index contributed by atoms with van der Waals surface area (Å²) in [5.41, 5.74) is 4.83. The van der Waals surface area contributed by atoms with E-state index in [4.69, 9.17) is 35.3 Å². The number of halogens is 1. The lowest BCUT2D eigenvalue weighted by molar-refractivity contribution is -0.114. The molecular weight excluding hydrogens is 774 g/mol. The van der Waals surface area contributed by atoms with Gasteiger partial charge in [0.05, 0.1) is 38.6 Å². The Kier molecular flexibility index (Phi) is 13.8. The Morgan fingerprint density at radius 2 is 1.10 bits per heavy atom. The Morgan fingerprint density at radius 3 is 1.58 bits per heavy atom. The first-order chi connectivity index (χ1) is 28.9. The van der Waals surface area contributed by atoms with Crippen molar-refractivity contribution in [2.75, 3.05) is 85.5 Å². The van der Waals surface area contributed by atoms with Crippen LogP contribution in [0.2, 0.25) is 5.02 Å². The second-order valence-corrected chi connectivity index (χ2v) is 13.6. The molecule has 2 aliphatic heterocycles. The number of benzene rings is 4. The van der Waals surface area contributed by atoms with Gasteiger partial charge in [0.15, 0.2) is 0 Å². The minimum atomic E-state index is -0.117. The summed E-state index contributed by atoms with van der Waals surface area (Å²) in [6.07, 6.45) is 3.27. The van der Waals surface area contributed by atoms with Crippen LogP contribution in [0.15, 0.2) is 116 Å². The fourth-order valence-corrected chi connectivity index (χ4v) is 6.27. The van der Waals surface area contributed by atoms with Crippen LogP contribution in [0.3, 0.4) is 0 Å². The van der Waals surface area contributed by atoms with Crippen molar-refractivity contribution < 1.29 is 28.5 Å². The molecule has 1 amide bonds. The SMILES string of the molecule is CC(=O)Nc1ccc(Oc2ccnc(Nc3ccc(N4CCOCC4)cc3)n2)cc1.COc1ccc(Oc2ccnc(Nc3ccc(N4CCOCC4)cc3)n2)c(Cl)c1. The van der Waals surface area contributed by atoms with Crippen LogP contribution < -0.4 is 40.0 Å². The number of carbonyl (C=O) groups excluding carboxylic acids is 1. The Labute approximate surface area is 347 Å². The first-order valence-electron chi connectivity index (χ1n) is 19.0. The van der Waals surface area contributed by atoms with Gasteiger partial charge >= 0.3 is 0 Å². The van der Waals surface area contributed by atoms with Crippen LogP contribution in [0.25, 0.3) is 0 Å². The number of rotatable bonds is 12. The van der Waals surface area contributed by atoms with Crippen molar-refractivity contribution in [3.05, 3.63) is 121 Å². The topological polar surface area (TPSA) is 157 Å². The van der Waals surface area contributed by atoms with Crippen LogP contribution in [0, 0.1) is 0 Å². The molecule has 0 atom stereocenters. The molecule has 16 heteroatoms. The molecule has 2 fully saturated rings. The molecule has 304 valence electrons. The molecule has 0 radical (unpaired) electrons. The van der Waals surface area contributed by atoms with E-state index in [0.29, 0.717) is 51.6 Å². The number of anilines is 7. The van der Waals surface area contributed by atoms with Crippen molar-refractivity contribution in [2.24, 2.45) is 0 Å². The number of hydrogen-bond donors (Lipinski definition) is 3. The molecule has 4 aromatic carbocycles. The van der Waals surface area contributed by atoms with Gasteiger partial charge in [-0.1, -0.05) is 11.6 Å². The molecule has 0 saturated carbocycles. The summed E-state index contributed by atoms with van der Waals surface area (Å²) in [4.78, 5) is 33.0. The van der Waals surface area contributed by atoms with Crippen molar-refractivity contribution in [1.82, 2.24) is 19.9 Å². The smallest absolute Gasteiger partial charge is 0.230 e. The van der Waals surface area contributed by atoms with E-state index in [2.05, 4.69) is 70.0 Å². The zero-order chi connectivity index (χ0) is 40.8. The van der Waals surface area contributed by atoms with Gasteiger partial charge in [0.1, 0.15) is 17.2 Å². The molecule has 2 aliphatic rings. The van der Waals surface area contributed by atoms with E-state index in [-0.39, 0.29) is 5.91 Å². The quantitative estimate of drug-likeness (QED) is 0.108. The molecular formula is C43H44ClN9O6. The molecule has 0 unspecified atom stereocenters. The van der Waals surface area contributed by atoms with Crippen molar-refractivity contribution in [1.29, 1.82) is 0 Å². The number of carbonyl (C=O) groups is 1. The summed E-state index contributed by atoms with van der Waals surface area (Å²) in [7, 11) is 1.59. The highest BCUT2D eigenvalue weighted by Crippen LogP contribution is 2.32. The third-order valence-electron chi connectivity index (χ3n) is 9.01. The highest BCUT2D eigenvalue weighted by atomic mass is 35.5. The number of ether oxygens (including phenoxy) is 5. The Bertz CT molecular complexity index is 2270. The van der Waals surface area contributed by atoms with Gasteiger partial charge < -0.3 is 49.4 Å². The summed E-state index contributed by atoms with van der Waals surface area (Å²) >= 11 is 6.23. The van der Waals surface area contributed by atoms with Crippen molar-refractivity contribution in [3.8, 4) is 29.0 Å². The van der Waals surface area contributed by atoms with E-state index in [1.165, 1.54) is 18.3 Å². The molecule has 15 nitrogen and oxygen atoms in total. The second-order valence-electron chi connectivity index (χ2n) is 13.2.